The smallest absolute Gasteiger partial charge is 0.325 e. The Morgan fingerprint density at radius 3 is 2.88 bits per heavy atom. The maximum absolute atomic E-state index is 13.1. The molecular weight excluding hydrogens is 318 g/mol. The average molecular weight is 343 g/mol. The second kappa shape index (κ2) is 7.25. The lowest BCUT2D eigenvalue weighted by molar-refractivity contribution is -0.135. The molecule has 1 spiro atoms. The normalized spacial score (nSPS) is 22.5. The zero-order valence-corrected chi connectivity index (χ0v) is 14.6. The summed E-state index contributed by atoms with van der Waals surface area (Å²) in [7, 11) is 0. The predicted molar refractivity (Wildman–Crippen MR) is 93.8 cm³/mol. The average Bonchev–Trinajstić information content (AvgIpc) is 2.75. The fourth-order valence-corrected chi connectivity index (χ4v) is 3.72. The molecule has 2 aliphatic rings. The summed E-state index contributed by atoms with van der Waals surface area (Å²) < 4.78 is 0. The van der Waals surface area contributed by atoms with Crippen molar-refractivity contribution in [2.24, 2.45) is 0 Å². The molecule has 0 saturated carbocycles. The molecule has 1 aromatic carbocycles. The maximum Gasteiger partial charge on any atom is 0.325 e. The second-order valence-electron chi connectivity index (χ2n) is 6.79. The van der Waals surface area contributed by atoms with Gasteiger partial charge in [0.1, 0.15) is 12.1 Å². The Balaban J connectivity index is 1.82. The van der Waals surface area contributed by atoms with Gasteiger partial charge < -0.3 is 10.6 Å². The molecule has 4 amide bonds. The Kier molecular flexibility index (Phi) is 5.06. The number of imide groups is 1. The molecule has 1 aliphatic heterocycles. The van der Waals surface area contributed by atoms with Gasteiger partial charge in [-0.25, -0.2) is 4.79 Å². The van der Waals surface area contributed by atoms with Crippen molar-refractivity contribution in [3.05, 3.63) is 35.4 Å². The molecule has 0 radical (unpaired) electrons. The van der Waals surface area contributed by atoms with Crippen molar-refractivity contribution in [2.45, 2.75) is 51.0 Å². The first-order valence-corrected chi connectivity index (χ1v) is 9.07. The number of aryl methyl sites for hydroxylation is 1. The predicted octanol–water partition coefficient (Wildman–Crippen LogP) is 2.08. The minimum absolute atomic E-state index is 0.224. The van der Waals surface area contributed by atoms with Crippen LogP contribution in [0.25, 0.3) is 0 Å². The number of carbonyl (C=O) groups is 3. The summed E-state index contributed by atoms with van der Waals surface area (Å²) in [6.45, 7) is 2.38. The number of urea groups is 1. The van der Waals surface area contributed by atoms with E-state index in [1.54, 1.807) is 0 Å². The molecule has 6 heteroatoms. The van der Waals surface area contributed by atoms with Gasteiger partial charge in [-0.1, -0.05) is 37.6 Å². The van der Waals surface area contributed by atoms with Crippen LogP contribution >= 0.6 is 0 Å². The van der Waals surface area contributed by atoms with Crippen molar-refractivity contribution in [3.8, 4) is 0 Å². The quantitative estimate of drug-likeness (QED) is 0.635. The lowest BCUT2D eigenvalue weighted by Crippen LogP contribution is -2.45. The van der Waals surface area contributed by atoms with Gasteiger partial charge in [-0.15, -0.1) is 0 Å². The largest absolute Gasteiger partial charge is 0.355 e. The van der Waals surface area contributed by atoms with Crippen molar-refractivity contribution in [1.82, 2.24) is 15.5 Å². The van der Waals surface area contributed by atoms with Gasteiger partial charge in [0.25, 0.3) is 5.91 Å². The molecule has 134 valence electrons. The van der Waals surface area contributed by atoms with Gasteiger partial charge in [0.05, 0.1) is 0 Å². The highest BCUT2D eigenvalue weighted by Crippen LogP contribution is 2.38. The first-order chi connectivity index (χ1) is 12.1. The third kappa shape index (κ3) is 3.25. The standard InChI is InChI=1S/C19H25N3O3/c1-2-3-12-20-16(23)13-22-17(24)19(21-18(22)25)11-7-6-9-14-8-4-5-10-15(14)19/h4-5,8,10H,2-3,6-7,9,11-13H2,1H3,(H,20,23)(H,21,25). The SMILES string of the molecule is CCCCNC(=O)CN1C(=O)NC2(CCCCc3ccccc32)C1=O. The van der Waals surface area contributed by atoms with E-state index in [1.165, 1.54) is 0 Å². The van der Waals surface area contributed by atoms with Gasteiger partial charge in [-0.2, -0.15) is 0 Å². The molecule has 2 N–H and O–H groups in total. The second-order valence-corrected chi connectivity index (χ2v) is 6.79. The summed E-state index contributed by atoms with van der Waals surface area (Å²) in [5.41, 5.74) is 0.955. The van der Waals surface area contributed by atoms with Crippen molar-refractivity contribution in [2.75, 3.05) is 13.1 Å². The highest BCUT2D eigenvalue weighted by molar-refractivity contribution is 6.09. The van der Waals surface area contributed by atoms with Crippen LogP contribution in [0, 0.1) is 0 Å². The summed E-state index contributed by atoms with van der Waals surface area (Å²) in [5, 5.41) is 5.66. The van der Waals surface area contributed by atoms with Crippen molar-refractivity contribution in [1.29, 1.82) is 0 Å². The number of unbranched alkanes of at least 4 members (excludes halogenated alkanes) is 1. The van der Waals surface area contributed by atoms with Crippen LogP contribution in [0.3, 0.4) is 0 Å². The zero-order chi connectivity index (χ0) is 17.9. The number of nitrogens with zero attached hydrogens (tertiary/aromatic N) is 1. The number of rotatable bonds is 5. The molecule has 1 unspecified atom stereocenters. The van der Waals surface area contributed by atoms with E-state index in [2.05, 4.69) is 10.6 Å². The first kappa shape index (κ1) is 17.5. The van der Waals surface area contributed by atoms with Gasteiger partial charge in [-0.3, -0.25) is 14.5 Å². The molecule has 1 aliphatic carbocycles. The summed E-state index contributed by atoms with van der Waals surface area (Å²) >= 11 is 0. The Bertz CT molecular complexity index is 688. The number of hydrogen-bond acceptors (Lipinski definition) is 3. The zero-order valence-electron chi connectivity index (χ0n) is 14.6. The van der Waals surface area contributed by atoms with Crippen molar-refractivity contribution < 1.29 is 14.4 Å². The van der Waals surface area contributed by atoms with E-state index in [1.807, 2.05) is 31.2 Å². The first-order valence-electron chi connectivity index (χ1n) is 9.07. The van der Waals surface area contributed by atoms with Crippen LogP contribution in [0.5, 0.6) is 0 Å². The Morgan fingerprint density at radius 2 is 2.08 bits per heavy atom. The summed E-state index contributed by atoms with van der Waals surface area (Å²) in [5.74, 6) is -0.603. The van der Waals surface area contributed by atoms with Gasteiger partial charge in [-0.05, 0) is 43.2 Å². The van der Waals surface area contributed by atoms with Crippen molar-refractivity contribution in [3.63, 3.8) is 0 Å². The minimum Gasteiger partial charge on any atom is -0.355 e. The van der Waals surface area contributed by atoms with Crippen LogP contribution in [0.2, 0.25) is 0 Å². The molecule has 25 heavy (non-hydrogen) atoms. The Morgan fingerprint density at radius 1 is 1.28 bits per heavy atom. The van der Waals surface area contributed by atoms with E-state index < -0.39 is 11.6 Å². The third-order valence-corrected chi connectivity index (χ3v) is 5.05. The van der Waals surface area contributed by atoms with Crippen molar-refractivity contribution >= 4 is 17.8 Å². The monoisotopic (exact) mass is 343 g/mol. The van der Waals surface area contributed by atoms with Crippen LogP contribution in [0.15, 0.2) is 24.3 Å². The lowest BCUT2D eigenvalue weighted by atomic mass is 9.84. The van der Waals surface area contributed by atoms with Crippen LogP contribution in [0.1, 0.15) is 50.2 Å². The summed E-state index contributed by atoms with van der Waals surface area (Å²) in [4.78, 5) is 38.7. The van der Waals surface area contributed by atoms with E-state index in [0.29, 0.717) is 13.0 Å². The molecule has 3 rings (SSSR count). The number of nitrogens with one attached hydrogen (secondary N) is 2. The van der Waals surface area contributed by atoms with Gasteiger partial charge in [0.2, 0.25) is 5.91 Å². The number of fused-ring (bicyclic) bond motifs is 2. The molecular formula is C19H25N3O3. The van der Waals surface area contributed by atoms with Crippen LogP contribution in [-0.2, 0) is 21.5 Å². The third-order valence-electron chi connectivity index (χ3n) is 5.05. The van der Waals surface area contributed by atoms with Gasteiger partial charge in [0, 0.05) is 6.54 Å². The Labute approximate surface area is 148 Å². The molecule has 1 heterocycles. The molecule has 1 atom stereocenters. The number of amides is 4. The molecule has 1 aromatic rings. The molecule has 0 bridgehead atoms. The van der Waals surface area contributed by atoms with Gasteiger partial charge >= 0.3 is 6.03 Å². The van der Waals surface area contributed by atoms with E-state index in [9.17, 15) is 14.4 Å². The fraction of sp³-hybridized carbons (Fsp3) is 0.526. The lowest BCUT2D eigenvalue weighted by Gasteiger charge is -2.27. The van der Waals surface area contributed by atoms with Crippen LogP contribution in [0.4, 0.5) is 4.79 Å². The van der Waals surface area contributed by atoms with E-state index in [0.717, 1.165) is 48.1 Å². The number of benzene rings is 1. The summed E-state index contributed by atoms with van der Waals surface area (Å²) in [6, 6.07) is 7.31. The summed E-state index contributed by atoms with van der Waals surface area (Å²) in [6.07, 6.45) is 5.17. The van der Waals surface area contributed by atoms with E-state index >= 15 is 0 Å². The van der Waals surface area contributed by atoms with E-state index in [4.69, 9.17) is 0 Å². The number of hydrogen-bond donors (Lipinski definition) is 2. The van der Waals surface area contributed by atoms with Crippen LogP contribution < -0.4 is 10.6 Å². The maximum atomic E-state index is 13.1. The Hall–Kier alpha value is -2.37. The highest BCUT2D eigenvalue weighted by atomic mass is 16.2. The molecule has 1 saturated heterocycles. The fourth-order valence-electron chi connectivity index (χ4n) is 3.72. The van der Waals surface area contributed by atoms with Crippen LogP contribution in [-0.4, -0.2) is 35.8 Å². The highest BCUT2D eigenvalue weighted by Gasteiger charge is 2.53. The van der Waals surface area contributed by atoms with Gasteiger partial charge in [0.15, 0.2) is 0 Å². The minimum atomic E-state index is -1.02. The molecule has 6 nitrogen and oxygen atoms in total. The molecule has 0 aromatic heterocycles. The van der Waals surface area contributed by atoms with E-state index in [-0.39, 0.29) is 18.4 Å². The molecule has 1 fully saturated rings. The number of carbonyl (C=O) groups excluding carboxylic acids is 3. The topological polar surface area (TPSA) is 78.5 Å².